The third kappa shape index (κ3) is 8.78. The van der Waals surface area contributed by atoms with Crippen molar-refractivity contribution < 1.29 is 5.11 Å². The van der Waals surface area contributed by atoms with E-state index in [4.69, 9.17) is 5.11 Å². The Morgan fingerprint density at radius 2 is 1.95 bits per heavy atom. The van der Waals surface area contributed by atoms with E-state index in [2.05, 4.69) is 32.1 Å². The van der Waals surface area contributed by atoms with Crippen LogP contribution in [-0.2, 0) is 0 Å². The van der Waals surface area contributed by atoms with Crippen molar-refractivity contribution in [3.63, 3.8) is 0 Å². The molecule has 1 aliphatic carbocycles. The first-order valence-corrected chi connectivity index (χ1v) is 9.71. The Hall–Kier alpha value is -0.560. The van der Waals surface area contributed by atoms with Gasteiger partial charge in [-0.3, -0.25) is 0 Å². The lowest BCUT2D eigenvalue weighted by molar-refractivity contribution is 0.284. The summed E-state index contributed by atoms with van der Waals surface area (Å²) in [7, 11) is 0. The number of hydrogen-bond donors (Lipinski definition) is 1. The standard InChI is InChI=1S/C21H38O/c1-3-4-5-6-7-8-13-20-14-11-15-21(20)17-16-19(2)12-9-10-18-22/h8,13,16,20-22H,3-7,9-12,14-15,17-18H2,1-2H3/t20-,21+/m0/s1. The van der Waals surface area contributed by atoms with Gasteiger partial charge in [0.05, 0.1) is 0 Å². The highest BCUT2D eigenvalue weighted by Gasteiger charge is 2.23. The minimum Gasteiger partial charge on any atom is -0.396 e. The molecule has 0 aromatic carbocycles. The van der Waals surface area contributed by atoms with Crippen molar-refractivity contribution in [3.05, 3.63) is 23.8 Å². The third-order valence-corrected chi connectivity index (χ3v) is 5.07. The van der Waals surface area contributed by atoms with Crippen molar-refractivity contribution >= 4 is 0 Å². The average Bonchev–Trinajstić information content (AvgIpc) is 2.96. The van der Waals surface area contributed by atoms with Crippen LogP contribution in [0.25, 0.3) is 0 Å². The van der Waals surface area contributed by atoms with Crippen LogP contribution >= 0.6 is 0 Å². The molecule has 1 nitrogen and oxygen atoms in total. The first-order chi connectivity index (χ1) is 10.8. The van der Waals surface area contributed by atoms with E-state index in [0.717, 1.165) is 31.1 Å². The van der Waals surface area contributed by atoms with Crippen molar-refractivity contribution in [3.8, 4) is 0 Å². The summed E-state index contributed by atoms with van der Waals surface area (Å²) in [5.74, 6) is 1.70. The van der Waals surface area contributed by atoms with Crippen LogP contribution in [0.5, 0.6) is 0 Å². The molecule has 0 amide bonds. The van der Waals surface area contributed by atoms with Crippen molar-refractivity contribution in [2.45, 2.75) is 90.9 Å². The van der Waals surface area contributed by atoms with Crippen LogP contribution in [0.3, 0.4) is 0 Å². The van der Waals surface area contributed by atoms with E-state index in [1.54, 1.807) is 0 Å². The van der Waals surface area contributed by atoms with Gasteiger partial charge in [-0.05, 0) is 70.1 Å². The third-order valence-electron chi connectivity index (χ3n) is 5.07. The van der Waals surface area contributed by atoms with E-state index in [1.165, 1.54) is 63.4 Å². The molecule has 0 aromatic heterocycles. The molecule has 1 N–H and O–H groups in total. The highest BCUT2D eigenvalue weighted by molar-refractivity contribution is 5.02. The molecule has 2 atom stereocenters. The molecule has 0 unspecified atom stereocenters. The normalized spacial score (nSPS) is 22.8. The van der Waals surface area contributed by atoms with E-state index < -0.39 is 0 Å². The van der Waals surface area contributed by atoms with Crippen LogP contribution in [0.15, 0.2) is 23.8 Å². The summed E-state index contributed by atoms with van der Waals surface area (Å²) >= 11 is 0. The van der Waals surface area contributed by atoms with E-state index in [9.17, 15) is 0 Å². The Balaban J connectivity index is 2.24. The summed E-state index contributed by atoms with van der Waals surface area (Å²) < 4.78 is 0. The predicted octanol–water partition coefficient (Wildman–Crippen LogP) is 6.43. The lowest BCUT2D eigenvalue weighted by atomic mass is 9.91. The average molecular weight is 307 g/mol. The first kappa shape index (κ1) is 19.5. The molecule has 1 rings (SSSR count). The van der Waals surface area contributed by atoms with Gasteiger partial charge < -0.3 is 5.11 Å². The van der Waals surface area contributed by atoms with Crippen molar-refractivity contribution in [1.82, 2.24) is 0 Å². The monoisotopic (exact) mass is 306 g/mol. The van der Waals surface area contributed by atoms with Crippen LogP contribution < -0.4 is 0 Å². The maximum absolute atomic E-state index is 8.84. The van der Waals surface area contributed by atoms with Gasteiger partial charge in [-0.25, -0.2) is 0 Å². The Kier molecular flexibility index (Phi) is 11.5. The van der Waals surface area contributed by atoms with Crippen molar-refractivity contribution in [2.24, 2.45) is 11.8 Å². The fourth-order valence-corrected chi connectivity index (χ4v) is 3.54. The maximum atomic E-state index is 8.84. The molecule has 22 heavy (non-hydrogen) atoms. The van der Waals surface area contributed by atoms with E-state index in [1.807, 2.05) is 0 Å². The summed E-state index contributed by atoms with van der Waals surface area (Å²) in [4.78, 5) is 0. The van der Waals surface area contributed by atoms with Gasteiger partial charge in [-0.2, -0.15) is 0 Å². The Labute approximate surface area is 138 Å². The van der Waals surface area contributed by atoms with Gasteiger partial charge >= 0.3 is 0 Å². The van der Waals surface area contributed by atoms with Gasteiger partial charge in [0.2, 0.25) is 0 Å². The zero-order valence-corrected chi connectivity index (χ0v) is 15.0. The maximum Gasteiger partial charge on any atom is 0.0431 e. The highest BCUT2D eigenvalue weighted by atomic mass is 16.2. The van der Waals surface area contributed by atoms with E-state index in [0.29, 0.717) is 6.61 Å². The summed E-state index contributed by atoms with van der Waals surface area (Å²) in [6, 6.07) is 0. The van der Waals surface area contributed by atoms with E-state index >= 15 is 0 Å². The lowest BCUT2D eigenvalue weighted by Crippen LogP contribution is -2.04. The Morgan fingerprint density at radius 3 is 2.73 bits per heavy atom. The molecule has 0 bridgehead atoms. The minimum atomic E-state index is 0.334. The molecule has 0 spiro atoms. The quantitative estimate of drug-likeness (QED) is 0.325. The molecular weight excluding hydrogens is 268 g/mol. The molecular formula is C21H38O. The highest BCUT2D eigenvalue weighted by Crippen LogP contribution is 2.35. The fraction of sp³-hybridized carbons (Fsp3) is 0.810. The zero-order chi connectivity index (χ0) is 16.0. The molecule has 0 aliphatic heterocycles. The van der Waals surface area contributed by atoms with Gasteiger partial charge in [-0.15, -0.1) is 0 Å². The van der Waals surface area contributed by atoms with Crippen LogP contribution in [0.2, 0.25) is 0 Å². The molecule has 0 aromatic rings. The smallest absolute Gasteiger partial charge is 0.0431 e. The minimum absolute atomic E-state index is 0.334. The summed E-state index contributed by atoms with van der Waals surface area (Å²) in [6.45, 7) is 4.87. The molecule has 0 radical (unpaired) electrons. The zero-order valence-electron chi connectivity index (χ0n) is 15.0. The van der Waals surface area contributed by atoms with Crippen LogP contribution in [-0.4, -0.2) is 11.7 Å². The van der Waals surface area contributed by atoms with Crippen molar-refractivity contribution in [2.75, 3.05) is 6.61 Å². The van der Waals surface area contributed by atoms with Crippen LogP contribution in [0.4, 0.5) is 0 Å². The lowest BCUT2D eigenvalue weighted by Gasteiger charge is -2.15. The SMILES string of the molecule is CCCCCCC=C[C@H]1CCC[C@@H]1CC=C(C)CCCCO. The largest absolute Gasteiger partial charge is 0.396 e. The predicted molar refractivity (Wildman–Crippen MR) is 98.0 cm³/mol. The molecule has 1 saturated carbocycles. The van der Waals surface area contributed by atoms with Gasteiger partial charge in [0, 0.05) is 6.61 Å². The molecule has 128 valence electrons. The van der Waals surface area contributed by atoms with E-state index in [-0.39, 0.29) is 0 Å². The molecule has 0 saturated heterocycles. The van der Waals surface area contributed by atoms with Gasteiger partial charge in [-0.1, -0.05) is 56.4 Å². The molecule has 1 heteroatoms. The number of unbranched alkanes of at least 4 members (excludes halogenated alkanes) is 5. The Bertz CT molecular complexity index is 316. The number of rotatable bonds is 12. The number of hydrogen-bond acceptors (Lipinski definition) is 1. The summed E-state index contributed by atoms with van der Waals surface area (Å²) in [5.41, 5.74) is 1.52. The van der Waals surface area contributed by atoms with Gasteiger partial charge in [0.25, 0.3) is 0 Å². The fourth-order valence-electron chi connectivity index (χ4n) is 3.54. The summed E-state index contributed by atoms with van der Waals surface area (Å²) in [6.07, 6.45) is 22.9. The second kappa shape index (κ2) is 12.9. The second-order valence-electron chi connectivity index (χ2n) is 7.10. The van der Waals surface area contributed by atoms with Crippen LogP contribution in [0.1, 0.15) is 90.9 Å². The summed E-state index contributed by atoms with van der Waals surface area (Å²) in [5, 5.41) is 8.84. The molecule has 0 heterocycles. The first-order valence-electron chi connectivity index (χ1n) is 9.71. The molecule has 1 aliphatic rings. The van der Waals surface area contributed by atoms with Gasteiger partial charge in [0.1, 0.15) is 0 Å². The Morgan fingerprint density at radius 1 is 1.09 bits per heavy atom. The second-order valence-corrected chi connectivity index (χ2v) is 7.10. The van der Waals surface area contributed by atoms with Gasteiger partial charge in [0.15, 0.2) is 0 Å². The number of aliphatic hydroxyl groups excluding tert-OH is 1. The number of aliphatic hydroxyl groups is 1. The number of allylic oxidation sites excluding steroid dienone is 4. The van der Waals surface area contributed by atoms with Crippen molar-refractivity contribution in [1.29, 1.82) is 0 Å². The molecule has 1 fully saturated rings. The topological polar surface area (TPSA) is 20.2 Å². The van der Waals surface area contributed by atoms with Crippen LogP contribution in [0, 0.1) is 11.8 Å².